The maximum absolute atomic E-state index is 13.4. The molecule has 194 valence electrons. The molecule has 0 radical (unpaired) electrons. The molecular formula is C29H26FN3O4S. The molecule has 0 fully saturated rings. The summed E-state index contributed by atoms with van der Waals surface area (Å²) in [6.07, 6.45) is 1.44. The van der Waals surface area contributed by atoms with Crippen molar-refractivity contribution in [2.45, 2.75) is 18.0 Å². The summed E-state index contributed by atoms with van der Waals surface area (Å²) in [6, 6.07) is 30.2. The summed E-state index contributed by atoms with van der Waals surface area (Å²) in [6.45, 7) is -0.239. The van der Waals surface area contributed by atoms with Crippen molar-refractivity contribution in [2.75, 3.05) is 6.54 Å². The molecule has 0 aliphatic heterocycles. The molecule has 7 nitrogen and oxygen atoms in total. The quantitative estimate of drug-likeness (QED) is 0.224. The Hall–Kier alpha value is -4.34. The maximum Gasteiger partial charge on any atom is 0.255 e. The summed E-state index contributed by atoms with van der Waals surface area (Å²) < 4.78 is 46.8. The van der Waals surface area contributed by atoms with Crippen LogP contribution in [0, 0.1) is 5.82 Å². The largest absolute Gasteiger partial charge is 0.488 e. The highest BCUT2D eigenvalue weighted by atomic mass is 32.2. The SMILES string of the molecule is O=C(CN(Cc1ccc(F)cc1)S(=O)(=O)c1ccccc1)N/N=C\c1ccccc1OCc1ccccc1. The maximum atomic E-state index is 13.4. The zero-order chi connectivity index (χ0) is 26.8. The lowest BCUT2D eigenvalue weighted by Crippen LogP contribution is -2.39. The Bertz CT molecular complexity index is 1480. The summed E-state index contributed by atoms with van der Waals surface area (Å²) in [5.74, 6) is -0.490. The van der Waals surface area contributed by atoms with E-state index in [9.17, 15) is 17.6 Å². The van der Waals surface area contributed by atoms with E-state index in [1.807, 2.05) is 42.5 Å². The molecule has 0 unspecified atom stereocenters. The van der Waals surface area contributed by atoms with Crippen molar-refractivity contribution in [1.29, 1.82) is 0 Å². The van der Waals surface area contributed by atoms with Gasteiger partial charge in [0.25, 0.3) is 5.91 Å². The molecule has 0 spiro atoms. The molecule has 4 aromatic carbocycles. The molecule has 0 atom stereocenters. The Labute approximate surface area is 221 Å². The van der Waals surface area contributed by atoms with Crippen molar-refractivity contribution in [3.05, 3.63) is 132 Å². The summed E-state index contributed by atoms with van der Waals surface area (Å²) >= 11 is 0. The molecule has 0 saturated carbocycles. The lowest BCUT2D eigenvalue weighted by atomic mass is 10.2. The lowest BCUT2D eigenvalue weighted by molar-refractivity contribution is -0.121. The van der Waals surface area contributed by atoms with Crippen molar-refractivity contribution in [1.82, 2.24) is 9.73 Å². The van der Waals surface area contributed by atoms with Crippen molar-refractivity contribution in [3.8, 4) is 5.75 Å². The van der Waals surface area contributed by atoms with Gasteiger partial charge in [0.1, 0.15) is 18.2 Å². The number of hydrogen-bond donors (Lipinski definition) is 1. The van der Waals surface area contributed by atoms with Crippen molar-refractivity contribution >= 4 is 22.1 Å². The van der Waals surface area contributed by atoms with E-state index in [4.69, 9.17) is 4.74 Å². The normalized spacial score (nSPS) is 11.5. The van der Waals surface area contributed by atoms with Gasteiger partial charge >= 0.3 is 0 Å². The fourth-order valence-corrected chi connectivity index (χ4v) is 4.99. The van der Waals surface area contributed by atoms with Crippen molar-refractivity contribution in [3.63, 3.8) is 0 Å². The number of halogens is 1. The molecule has 0 bridgehead atoms. The second-order valence-electron chi connectivity index (χ2n) is 8.32. The molecule has 0 aliphatic carbocycles. The van der Waals surface area contributed by atoms with Crippen LogP contribution in [-0.4, -0.2) is 31.4 Å². The number of nitrogens with zero attached hydrogens (tertiary/aromatic N) is 2. The number of carbonyl (C=O) groups is 1. The van der Waals surface area contributed by atoms with Crippen LogP contribution in [0.4, 0.5) is 4.39 Å². The number of benzene rings is 4. The third-order valence-corrected chi connectivity index (χ3v) is 7.33. The summed E-state index contributed by atoms with van der Waals surface area (Å²) in [5, 5.41) is 4.01. The van der Waals surface area contributed by atoms with Crippen molar-refractivity contribution < 1.29 is 22.3 Å². The van der Waals surface area contributed by atoms with Gasteiger partial charge in [0, 0.05) is 12.1 Å². The van der Waals surface area contributed by atoms with Crippen LogP contribution in [0.2, 0.25) is 0 Å². The zero-order valence-corrected chi connectivity index (χ0v) is 21.2. The van der Waals surface area contributed by atoms with Crippen LogP contribution in [0.1, 0.15) is 16.7 Å². The Morgan fingerprint density at radius 1 is 0.842 bits per heavy atom. The first-order chi connectivity index (χ1) is 18.4. The van der Waals surface area contributed by atoms with Crippen molar-refractivity contribution in [2.24, 2.45) is 5.10 Å². The van der Waals surface area contributed by atoms with E-state index in [1.54, 1.807) is 30.3 Å². The number of para-hydroxylation sites is 1. The van der Waals surface area contributed by atoms with Crippen LogP contribution in [0.3, 0.4) is 0 Å². The van der Waals surface area contributed by atoms with E-state index < -0.39 is 28.3 Å². The minimum absolute atomic E-state index is 0.0444. The third kappa shape index (κ3) is 7.34. The minimum Gasteiger partial charge on any atom is -0.488 e. The Morgan fingerprint density at radius 3 is 2.18 bits per heavy atom. The van der Waals surface area contributed by atoms with Gasteiger partial charge in [-0.2, -0.15) is 9.41 Å². The van der Waals surface area contributed by atoms with E-state index in [1.165, 1.54) is 42.6 Å². The first kappa shape index (κ1) is 26.7. The molecule has 4 aromatic rings. The number of amides is 1. The van der Waals surface area contributed by atoms with Crippen LogP contribution in [0.15, 0.2) is 119 Å². The number of hydrogen-bond acceptors (Lipinski definition) is 5. The molecule has 1 amide bonds. The van der Waals surface area contributed by atoms with E-state index >= 15 is 0 Å². The van der Waals surface area contributed by atoms with Gasteiger partial charge in [0.15, 0.2) is 0 Å². The summed E-state index contributed by atoms with van der Waals surface area (Å²) in [4.78, 5) is 12.8. The van der Waals surface area contributed by atoms with Gasteiger partial charge in [0.2, 0.25) is 10.0 Å². The topological polar surface area (TPSA) is 88.1 Å². The van der Waals surface area contributed by atoms with E-state index in [-0.39, 0.29) is 11.4 Å². The van der Waals surface area contributed by atoms with Crippen LogP contribution < -0.4 is 10.2 Å². The Kier molecular flexibility index (Phi) is 8.97. The standard InChI is InChI=1S/C29H26FN3O4S/c30-26-17-15-23(16-18-26)20-33(38(35,36)27-12-5-2-6-13-27)21-29(34)32-31-19-25-11-7-8-14-28(25)37-22-24-9-3-1-4-10-24/h1-19H,20-22H2,(H,32,34)/b31-19-. The third-order valence-electron chi connectivity index (χ3n) is 5.52. The van der Waals surface area contributed by atoms with Gasteiger partial charge in [-0.1, -0.05) is 72.8 Å². The van der Waals surface area contributed by atoms with Crippen LogP contribution in [0.25, 0.3) is 0 Å². The number of rotatable bonds is 11. The molecule has 38 heavy (non-hydrogen) atoms. The lowest BCUT2D eigenvalue weighted by Gasteiger charge is -2.21. The number of ether oxygens (including phenoxy) is 1. The first-order valence-corrected chi connectivity index (χ1v) is 13.2. The van der Waals surface area contributed by atoms with Gasteiger partial charge < -0.3 is 4.74 Å². The molecule has 0 heterocycles. The zero-order valence-electron chi connectivity index (χ0n) is 20.4. The highest BCUT2D eigenvalue weighted by molar-refractivity contribution is 7.89. The number of hydrazone groups is 1. The van der Waals surface area contributed by atoms with Gasteiger partial charge in [0.05, 0.1) is 17.7 Å². The average Bonchev–Trinajstić information content (AvgIpc) is 2.94. The van der Waals surface area contributed by atoms with E-state index in [2.05, 4.69) is 10.5 Å². The molecular weight excluding hydrogens is 505 g/mol. The number of sulfonamides is 1. The van der Waals surface area contributed by atoms with Gasteiger partial charge in [-0.15, -0.1) is 0 Å². The summed E-state index contributed by atoms with van der Waals surface area (Å²) in [7, 11) is -4.02. The van der Waals surface area contributed by atoms with Gasteiger partial charge in [-0.3, -0.25) is 4.79 Å². The Morgan fingerprint density at radius 2 is 1.47 bits per heavy atom. The van der Waals surface area contributed by atoms with Crippen LogP contribution in [0.5, 0.6) is 5.75 Å². The Balaban J connectivity index is 1.45. The predicted octanol–water partition coefficient (Wildman–Crippen LogP) is 4.75. The second kappa shape index (κ2) is 12.8. The summed E-state index contributed by atoms with van der Waals surface area (Å²) in [5.41, 5.74) is 4.57. The predicted molar refractivity (Wildman–Crippen MR) is 143 cm³/mol. The highest BCUT2D eigenvalue weighted by Crippen LogP contribution is 2.19. The first-order valence-electron chi connectivity index (χ1n) is 11.8. The monoisotopic (exact) mass is 531 g/mol. The van der Waals surface area contributed by atoms with E-state index in [0.717, 1.165) is 9.87 Å². The molecule has 0 aliphatic rings. The van der Waals surface area contributed by atoms with Gasteiger partial charge in [-0.05, 0) is 47.5 Å². The highest BCUT2D eigenvalue weighted by Gasteiger charge is 2.26. The molecule has 9 heteroatoms. The smallest absolute Gasteiger partial charge is 0.255 e. The fraction of sp³-hybridized carbons (Fsp3) is 0.103. The average molecular weight is 532 g/mol. The van der Waals surface area contributed by atoms with E-state index in [0.29, 0.717) is 23.5 Å². The number of carbonyl (C=O) groups excluding carboxylic acids is 1. The minimum atomic E-state index is -4.02. The fourth-order valence-electron chi connectivity index (χ4n) is 3.58. The molecule has 4 rings (SSSR count). The van der Waals surface area contributed by atoms with Gasteiger partial charge in [-0.25, -0.2) is 18.2 Å². The van der Waals surface area contributed by atoms with Crippen LogP contribution >= 0.6 is 0 Å². The molecule has 0 aromatic heterocycles. The second-order valence-corrected chi connectivity index (χ2v) is 10.3. The molecule has 1 N–H and O–H groups in total. The molecule has 0 saturated heterocycles. The van der Waals surface area contributed by atoms with Crippen LogP contribution in [-0.2, 0) is 28.0 Å². The number of nitrogens with one attached hydrogen (secondary N) is 1.